The Labute approximate surface area is 147 Å². The van der Waals surface area contributed by atoms with Gasteiger partial charge in [-0.3, -0.25) is 4.79 Å². The molecule has 1 fully saturated rings. The Morgan fingerprint density at radius 2 is 2.20 bits per heavy atom. The van der Waals surface area contributed by atoms with E-state index in [-0.39, 0.29) is 17.9 Å². The van der Waals surface area contributed by atoms with Crippen LogP contribution in [0.5, 0.6) is 0 Å². The molecule has 0 bridgehead atoms. The van der Waals surface area contributed by atoms with Gasteiger partial charge in [0.2, 0.25) is 17.7 Å². The minimum absolute atomic E-state index is 0.00475. The van der Waals surface area contributed by atoms with Crippen molar-refractivity contribution in [2.75, 3.05) is 18.0 Å². The first-order valence-corrected chi connectivity index (χ1v) is 8.75. The Morgan fingerprint density at radius 1 is 1.40 bits per heavy atom. The van der Waals surface area contributed by atoms with Gasteiger partial charge >= 0.3 is 0 Å². The van der Waals surface area contributed by atoms with Crippen LogP contribution in [0.4, 0.5) is 5.95 Å². The minimum Gasteiger partial charge on any atom is -0.352 e. The van der Waals surface area contributed by atoms with Gasteiger partial charge in [0.25, 0.3) is 0 Å². The molecule has 0 radical (unpaired) electrons. The molecule has 8 nitrogen and oxygen atoms in total. The molecule has 3 heterocycles. The van der Waals surface area contributed by atoms with Gasteiger partial charge in [-0.25, -0.2) is 9.97 Å². The van der Waals surface area contributed by atoms with Crippen LogP contribution in [-0.4, -0.2) is 45.1 Å². The van der Waals surface area contributed by atoms with Gasteiger partial charge in [-0.2, -0.15) is 4.98 Å². The fourth-order valence-corrected chi connectivity index (χ4v) is 2.86. The highest BCUT2D eigenvalue weighted by atomic mass is 16.5. The molecular weight excluding hydrogens is 320 g/mol. The summed E-state index contributed by atoms with van der Waals surface area (Å²) >= 11 is 0. The van der Waals surface area contributed by atoms with Crippen LogP contribution < -0.4 is 10.2 Å². The second-order valence-corrected chi connectivity index (χ2v) is 6.60. The van der Waals surface area contributed by atoms with Gasteiger partial charge in [0, 0.05) is 50.3 Å². The Balaban J connectivity index is 1.47. The lowest BCUT2D eigenvalue weighted by Crippen LogP contribution is -2.48. The lowest BCUT2D eigenvalue weighted by atomic mass is 10.1. The lowest BCUT2D eigenvalue weighted by Gasteiger charge is -2.33. The zero-order valence-corrected chi connectivity index (χ0v) is 14.7. The first kappa shape index (κ1) is 17.3. The summed E-state index contributed by atoms with van der Waals surface area (Å²) < 4.78 is 5.18. The molecule has 134 valence electrons. The number of piperidine rings is 1. The largest absolute Gasteiger partial charge is 0.352 e. The molecule has 1 atom stereocenters. The van der Waals surface area contributed by atoms with Crippen molar-refractivity contribution in [1.82, 2.24) is 25.4 Å². The summed E-state index contributed by atoms with van der Waals surface area (Å²) in [4.78, 5) is 27.2. The van der Waals surface area contributed by atoms with Crippen LogP contribution >= 0.6 is 0 Å². The molecule has 8 heteroatoms. The van der Waals surface area contributed by atoms with E-state index in [4.69, 9.17) is 4.52 Å². The Kier molecular flexibility index (Phi) is 5.57. The van der Waals surface area contributed by atoms with Gasteiger partial charge in [0.05, 0.1) is 0 Å². The van der Waals surface area contributed by atoms with E-state index >= 15 is 0 Å². The Bertz CT molecular complexity index is 687. The summed E-state index contributed by atoms with van der Waals surface area (Å²) in [6.07, 6.45) is 6.25. The molecule has 3 rings (SSSR count). The topological polar surface area (TPSA) is 97.0 Å². The zero-order valence-electron chi connectivity index (χ0n) is 14.7. The van der Waals surface area contributed by atoms with E-state index in [0.29, 0.717) is 30.5 Å². The lowest BCUT2D eigenvalue weighted by molar-refractivity contribution is -0.121. The van der Waals surface area contributed by atoms with Crippen molar-refractivity contribution in [2.45, 2.75) is 51.5 Å². The number of carbonyl (C=O) groups is 1. The van der Waals surface area contributed by atoms with E-state index < -0.39 is 0 Å². The third-order valence-corrected chi connectivity index (χ3v) is 4.19. The number of aromatic nitrogens is 4. The number of aryl methyl sites for hydroxylation is 1. The van der Waals surface area contributed by atoms with Crippen LogP contribution in [0.3, 0.4) is 0 Å². The summed E-state index contributed by atoms with van der Waals surface area (Å²) in [5.41, 5.74) is 0. The molecule has 2 aromatic rings. The third kappa shape index (κ3) is 4.74. The van der Waals surface area contributed by atoms with Crippen molar-refractivity contribution in [1.29, 1.82) is 0 Å². The first-order valence-electron chi connectivity index (χ1n) is 8.75. The van der Waals surface area contributed by atoms with Gasteiger partial charge < -0.3 is 14.7 Å². The molecule has 2 aromatic heterocycles. The smallest absolute Gasteiger partial charge is 0.227 e. The molecule has 1 saturated heterocycles. The van der Waals surface area contributed by atoms with Crippen molar-refractivity contribution < 1.29 is 9.32 Å². The summed E-state index contributed by atoms with van der Waals surface area (Å²) in [5, 5.41) is 7.01. The zero-order chi connectivity index (χ0) is 17.6. The average Bonchev–Trinajstić information content (AvgIpc) is 3.10. The molecule has 0 saturated carbocycles. The quantitative estimate of drug-likeness (QED) is 0.852. The molecule has 25 heavy (non-hydrogen) atoms. The van der Waals surface area contributed by atoms with E-state index in [9.17, 15) is 4.79 Å². The fraction of sp³-hybridized carbons (Fsp3) is 0.588. The number of hydrogen-bond donors (Lipinski definition) is 1. The molecule has 1 aliphatic rings. The van der Waals surface area contributed by atoms with Crippen LogP contribution in [0.2, 0.25) is 0 Å². The van der Waals surface area contributed by atoms with E-state index in [0.717, 1.165) is 25.9 Å². The van der Waals surface area contributed by atoms with Gasteiger partial charge in [0.15, 0.2) is 5.82 Å². The maximum Gasteiger partial charge on any atom is 0.227 e. The predicted molar refractivity (Wildman–Crippen MR) is 92.1 cm³/mol. The van der Waals surface area contributed by atoms with Crippen LogP contribution in [0, 0.1) is 0 Å². The number of rotatable bonds is 6. The number of amides is 1. The van der Waals surface area contributed by atoms with E-state index in [1.807, 2.05) is 13.8 Å². The van der Waals surface area contributed by atoms with Crippen molar-refractivity contribution in [3.05, 3.63) is 30.2 Å². The van der Waals surface area contributed by atoms with Crippen LogP contribution in [-0.2, 0) is 11.2 Å². The van der Waals surface area contributed by atoms with Crippen LogP contribution in [0.15, 0.2) is 23.0 Å². The molecule has 0 aromatic carbocycles. The van der Waals surface area contributed by atoms with Crippen LogP contribution in [0.1, 0.15) is 50.7 Å². The SMILES string of the molecule is CC(C)c1noc(CCC(=O)N[C@H]2CCCN(c3ncccn3)C2)n1. The molecule has 1 amide bonds. The van der Waals surface area contributed by atoms with Gasteiger partial charge in [-0.15, -0.1) is 0 Å². The maximum atomic E-state index is 12.2. The number of anilines is 1. The van der Waals surface area contributed by atoms with Crippen molar-refractivity contribution in [2.24, 2.45) is 0 Å². The highest BCUT2D eigenvalue weighted by molar-refractivity contribution is 5.76. The fourth-order valence-electron chi connectivity index (χ4n) is 2.86. The second kappa shape index (κ2) is 8.04. The highest BCUT2D eigenvalue weighted by Crippen LogP contribution is 2.15. The van der Waals surface area contributed by atoms with Gasteiger partial charge in [-0.05, 0) is 18.9 Å². The Hall–Kier alpha value is -2.51. The van der Waals surface area contributed by atoms with Crippen molar-refractivity contribution in [3.8, 4) is 0 Å². The first-order chi connectivity index (χ1) is 12.1. The van der Waals surface area contributed by atoms with Gasteiger partial charge in [0.1, 0.15) is 0 Å². The molecule has 1 aliphatic heterocycles. The number of hydrogen-bond acceptors (Lipinski definition) is 7. The molecule has 0 spiro atoms. The number of nitrogens with one attached hydrogen (secondary N) is 1. The minimum atomic E-state index is 0.00475. The Morgan fingerprint density at radius 3 is 2.92 bits per heavy atom. The van der Waals surface area contributed by atoms with Crippen molar-refractivity contribution in [3.63, 3.8) is 0 Å². The van der Waals surface area contributed by atoms with E-state index in [1.165, 1.54) is 0 Å². The predicted octanol–water partition coefficient (Wildman–Crippen LogP) is 1.70. The summed E-state index contributed by atoms with van der Waals surface area (Å²) in [5.74, 6) is 2.14. The number of carbonyl (C=O) groups excluding carboxylic acids is 1. The third-order valence-electron chi connectivity index (χ3n) is 4.19. The molecule has 1 N–H and O–H groups in total. The summed E-state index contributed by atoms with van der Waals surface area (Å²) in [6.45, 7) is 5.66. The van der Waals surface area contributed by atoms with Crippen molar-refractivity contribution >= 4 is 11.9 Å². The highest BCUT2D eigenvalue weighted by Gasteiger charge is 2.23. The maximum absolute atomic E-state index is 12.2. The van der Waals surface area contributed by atoms with E-state index in [1.54, 1.807) is 18.5 Å². The molecular formula is C17H24N6O2. The average molecular weight is 344 g/mol. The molecule has 0 aliphatic carbocycles. The van der Waals surface area contributed by atoms with Gasteiger partial charge in [-0.1, -0.05) is 19.0 Å². The standard InChI is InChI=1S/C17H24N6O2/c1-12(2)16-21-15(25-22-16)7-6-14(24)20-13-5-3-10-23(11-13)17-18-8-4-9-19-17/h4,8-9,12-13H,3,5-7,10-11H2,1-2H3,(H,20,24)/t13-/m0/s1. The summed E-state index contributed by atoms with van der Waals surface area (Å²) in [7, 11) is 0. The normalized spacial score (nSPS) is 17.7. The monoisotopic (exact) mass is 344 g/mol. The summed E-state index contributed by atoms with van der Waals surface area (Å²) in [6, 6.07) is 1.91. The second-order valence-electron chi connectivity index (χ2n) is 6.60. The molecule has 0 unspecified atom stereocenters. The number of nitrogens with zero attached hydrogens (tertiary/aromatic N) is 5. The van der Waals surface area contributed by atoms with E-state index in [2.05, 4.69) is 30.3 Å². The van der Waals surface area contributed by atoms with Crippen LogP contribution in [0.25, 0.3) is 0 Å².